The molecule has 0 aliphatic heterocycles. The Labute approximate surface area is 92.1 Å². The number of carbonyl (C=O) groups is 1. The average molecular weight is 246 g/mol. The zero-order valence-corrected chi connectivity index (χ0v) is 8.52. The second kappa shape index (κ2) is 3.82. The lowest BCUT2D eigenvalue weighted by Gasteiger charge is -2.07. The molecule has 0 saturated carbocycles. The van der Waals surface area contributed by atoms with Crippen LogP contribution in [-0.4, -0.2) is 21.8 Å². The molecule has 0 radical (unpaired) electrons. The number of rotatable bonds is 2. The van der Waals surface area contributed by atoms with Gasteiger partial charge in [0.1, 0.15) is 0 Å². The Bertz CT molecular complexity index is 535. The summed E-state index contributed by atoms with van der Waals surface area (Å²) in [5, 5.41) is 0. The summed E-state index contributed by atoms with van der Waals surface area (Å²) in [7, 11) is 0. The molecule has 0 fully saturated rings. The molecule has 1 aromatic heterocycles. The highest BCUT2D eigenvalue weighted by molar-refractivity contribution is 8.00. The van der Waals surface area contributed by atoms with Crippen molar-refractivity contribution in [1.29, 1.82) is 0 Å². The highest BCUT2D eigenvalue weighted by Crippen LogP contribution is 2.39. The lowest BCUT2D eigenvalue weighted by Crippen LogP contribution is -2.01. The number of aldehydes is 1. The molecule has 3 nitrogen and oxygen atoms in total. The highest BCUT2D eigenvalue weighted by Gasteiger charge is 2.30. The molecule has 0 amide bonds. The summed E-state index contributed by atoms with van der Waals surface area (Å²) >= 11 is -0.315. The molecule has 0 unspecified atom stereocenters. The number of imidazole rings is 1. The standard InChI is InChI=1S/C9H5F3N2OS/c10-9(11,12)16-8-2-7-6(13-4-14-7)1-5(8)3-15/h1-4H,(H,13,14). The Morgan fingerprint density at radius 2 is 2.12 bits per heavy atom. The summed E-state index contributed by atoms with van der Waals surface area (Å²) < 4.78 is 36.6. The Morgan fingerprint density at radius 1 is 1.38 bits per heavy atom. The van der Waals surface area contributed by atoms with E-state index in [1.54, 1.807) is 0 Å². The van der Waals surface area contributed by atoms with Gasteiger partial charge in [-0.15, -0.1) is 0 Å². The zero-order chi connectivity index (χ0) is 11.8. The minimum Gasteiger partial charge on any atom is -0.345 e. The van der Waals surface area contributed by atoms with Crippen LogP contribution in [-0.2, 0) is 0 Å². The highest BCUT2D eigenvalue weighted by atomic mass is 32.2. The van der Waals surface area contributed by atoms with E-state index in [1.807, 2.05) is 0 Å². The van der Waals surface area contributed by atoms with E-state index in [9.17, 15) is 18.0 Å². The molecule has 0 bridgehead atoms. The Kier molecular flexibility index (Phi) is 2.63. The van der Waals surface area contributed by atoms with Crippen LogP contribution in [0, 0.1) is 0 Å². The minimum absolute atomic E-state index is 0.000856. The molecule has 0 saturated heterocycles. The van der Waals surface area contributed by atoms with E-state index in [2.05, 4.69) is 9.97 Å². The van der Waals surface area contributed by atoms with Gasteiger partial charge < -0.3 is 4.98 Å². The molecule has 7 heteroatoms. The van der Waals surface area contributed by atoms with Crippen LogP contribution in [0.1, 0.15) is 10.4 Å². The van der Waals surface area contributed by atoms with Crippen molar-refractivity contribution in [3.8, 4) is 0 Å². The van der Waals surface area contributed by atoms with E-state index < -0.39 is 5.51 Å². The van der Waals surface area contributed by atoms with Gasteiger partial charge in [-0.25, -0.2) is 4.98 Å². The van der Waals surface area contributed by atoms with Crippen molar-refractivity contribution >= 4 is 29.1 Å². The van der Waals surface area contributed by atoms with Gasteiger partial charge in [-0.3, -0.25) is 4.79 Å². The molecule has 1 N–H and O–H groups in total. The van der Waals surface area contributed by atoms with E-state index in [1.165, 1.54) is 18.5 Å². The van der Waals surface area contributed by atoms with Crippen molar-refractivity contribution < 1.29 is 18.0 Å². The molecule has 2 rings (SSSR count). The first kappa shape index (κ1) is 11.0. The summed E-state index contributed by atoms with van der Waals surface area (Å²) in [5.74, 6) is 0. The first-order chi connectivity index (χ1) is 7.49. The molecule has 16 heavy (non-hydrogen) atoms. The van der Waals surface area contributed by atoms with Crippen molar-refractivity contribution in [3.63, 3.8) is 0 Å². The Balaban J connectivity index is 2.53. The van der Waals surface area contributed by atoms with Crippen LogP contribution < -0.4 is 0 Å². The number of nitrogens with zero attached hydrogens (tertiary/aromatic N) is 1. The largest absolute Gasteiger partial charge is 0.446 e. The van der Waals surface area contributed by atoms with Gasteiger partial charge in [-0.2, -0.15) is 13.2 Å². The van der Waals surface area contributed by atoms with Crippen molar-refractivity contribution in [2.24, 2.45) is 0 Å². The van der Waals surface area contributed by atoms with Crippen molar-refractivity contribution in [1.82, 2.24) is 9.97 Å². The second-order valence-corrected chi connectivity index (χ2v) is 4.08. The lowest BCUT2D eigenvalue weighted by molar-refractivity contribution is -0.0328. The number of thioether (sulfide) groups is 1. The third-order valence-corrected chi connectivity index (χ3v) is 2.71. The van der Waals surface area contributed by atoms with Gasteiger partial charge in [-0.05, 0) is 23.9 Å². The van der Waals surface area contributed by atoms with Crippen molar-refractivity contribution in [3.05, 3.63) is 24.0 Å². The fourth-order valence-electron chi connectivity index (χ4n) is 1.28. The number of halogens is 3. The van der Waals surface area contributed by atoms with E-state index in [0.717, 1.165) is 0 Å². The van der Waals surface area contributed by atoms with Gasteiger partial charge in [0, 0.05) is 10.5 Å². The molecule has 1 aromatic carbocycles. The topological polar surface area (TPSA) is 45.8 Å². The SMILES string of the molecule is O=Cc1cc2[nH]cnc2cc1SC(F)(F)F. The number of hydrogen-bond donors (Lipinski definition) is 1. The maximum atomic E-state index is 12.2. The predicted molar refractivity (Wildman–Crippen MR) is 53.4 cm³/mol. The third-order valence-electron chi connectivity index (χ3n) is 1.90. The second-order valence-electron chi connectivity index (χ2n) is 2.98. The first-order valence-electron chi connectivity index (χ1n) is 4.17. The minimum atomic E-state index is -4.41. The smallest absolute Gasteiger partial charge is 0.345 e. The summed E-state index contributed by atoms with van der Waals surface area (Å²) in [4.78, 5) is 17.1. The molecular weight excluding hydrogens is 241 g/mol. The van der Waals surface area contributed by atoms with Gasteiger partial charge in [0.15, 0.2) is 6.29 Å². The van der Waals surface area contributed by atoms with Gasteiger partial charge >= 0.3 is 5.51 Å². The maximum Gasteiger partial charge on any atom is 0.446 e. The Hall–Kier alpha value is -1.50. The quantitative estimate of drug-likeness (QED) is 0.654. The van der Waals surface area contributed by atoms with Gasteiger partial charge in [0.2, 0.25) is 0 Å². The van der Waals surface area contributed by atoms with E-state index in [-0.39, 0.29) is 22.2 Å². The third kappa shape index (κ3) is 2.19. The number of benzene rings is 1. The summed E-state index contributed by atoms with van der Waals surface area (Å²) in [6, 6.07) is 2.59. The monoisotopic (exact) mass is 246 g/mol. The summed E-state index contributed by atoms with van der Waals surface area (Å²) in [5.41, 5.74) is -3.48. The van der Waals surface area contributed by atoms with Crippen LogP contribution in [0.25, 0.3) is 11.0 Å². The van der Waals surface area contributed by atoms with E-state index in [0.29, 0.717) is 17.3 Å². The number of fused-ring (bicyclic) bond motifs is 1. The zero-order valence-electron chi connectivity index (χ0n) is 7.71. The van der Waals surface area contributed by atoms with Crippen molar-refractivity contribution in [2.45, 2.75) is 10.4 Å². The maximum absolute atomic E-state index is 12.2. The van der Waals surface area contributed by atoms with Crippen LogP contribution in [0.5, 0.6) is 0 Å². The van der Waals surface area contributed by atoms with E-state index >= 15 is 0 Å². The number of H-pyrrole nitrogens is 1. The Morgan fingerprint density at radius 3 is 2.75 bits per heavy atom. The van der Waals surface area contributed by atoms with Crippen LogP contribution in [0.2, 0.25) is 0 Å². The van der Waals surface area contributed by atoms with Crippen LogP contribution in [0.4, 0.5) is 13.2 Å². The number of hydrogen-bond acceptors (Lipinski definition) is 3. The lowest BCUT2D eigenvalue weighted by atomic mass is 10.2. The number of nitrogens with one attached hydrogen (secondary N) is 1. The average Bonchev–Trinajstić information content (AvgIpc) is 2.60. The first-order valence-corrected chi connectivity index (χ1v) is 4.99. The van der Waals surface area contributed by atoms with Gasteiger partial charge in [-0.1, -0.05) is 0 Å². The molecule has 1 heterocycles. The fraction of sp³-hybridized carbons (Fsp3) is 0.111. The van der Waals surface area contributed by atoms with Gasteiger partial charge in [0.05, 0.1) is 17.4 Å². The molecule has 0 atom stereocenters. The molecule has 0 spiro atoms. The molecule has 84 valence electrons. The van der Waals surface area contributed by atoms with E-state index in [4.69, 9.17) is 0 Å². The molecular formula is C9H5F3N2OS. The summed E-state index contributed by atoms with van der Waals surface area (Å²) in [6.07, 6.45) is 1.76. The molecule has 2 aromatic rings. The number of aromatic nitrogens is 2. The van der Waals surface area contributed by atoms with Gasteiger partial charge in [0.25, 0.3) is 0 Å². The molecule has 0 aliphatic carbocycles. The normalized spacial score (nSPS) is 11.9. The predicted octanol–water partition coefficient (Wildman–Crippen LogP) is 2.99. The number of alkyl halides is 3. The fourth-order valence-corrected chi connectivity index (χ4v) is 1.93. The summed E-state index contributed by atoms with van der Waals surface area (Å²) in [6.45, 7) is 0. The van der Waals surface area contributed by atoms with Crippen molar-refractivity contribution in [2.75, 3.05) is 0 Å². The number of carbonyl (C=O) groups excluding carboxylic acids is 1. The number of aromatic amines is 1. The molecule has 0 aliphatic rings. The van der Waals surface area contributed by atoms with Crippen LogP contribution in [0.15, 0.2) is 23.4 Å². The van der Waals surface area contributed by atoms with Crippen LogP contribution in [0.3, 0.4) is 0 Å². The van der Waals surface area contributed by atoms with Crippen LogP contribution >= 0.6 is 11.8 Å².